The number of nitrogens with one attached hydrogen (secondary N) is 1. The van der Waals surface area contributed by atoms with Crippen molar-refractivity contribution in [3.05, 3.63) is 53.3 Å². The zero-order chi connectivity index (χ0) is 26.6. The molecule has 2 aromatic heterocycles. The molecule has 2 aliphatic heterocycles. The second-order valence-corrected chi connectivity index (χ2v) is 8.67. The first-order chi connectivity index (χ1) is 17.4. The van der Waals surface area contributed by atoms with Crippen LogP contribution in [0.1, 0.15) is 36.7 Å². The van der Waals surface area contributed by atoms with E-state index in [0.29, 0.717) is 23.5 Å². The molecule has 0 radical (unpaired) electrons. The average molecular weight is 529 g/mol. The van der Waals surface area contributed by atoms with Crippen LogP contribution in [0.15, 0.2) is 22.7 Å². The van der Waals surface area contributed by atoms with Crippen LogP contribution in [-0.2, 0) is 24.1 Å². The lowest BCUT2D eigenvalue weighted by atomic mass is 10.1. The number of anilines is 2. The minimum absolute atomic E-state index is 0.0487. The topological polar surface area (TPSA) is 109 Å². The number of halogens is 6. The van der Waals surface area contributed by atoms with E-state index < -0.39 is 53.4 Å². The Hall–Kier alpha value is -4.11. The summed E-state index contributed by atoms with van der Waals surface area (Å²) in [5.41, 5.74) is 0.509. The van der Waals surface area contributed by atoms with Gasteiger partial charge in [0.15, 0.2) is 17.5 Å². The molecule has 10 nitrogen and oxygen atoms in total. The van der Waals surface area contributed by atoms with E-state index in [9.17, 15) is 35.9 Å². The van der Waals surface area contributed by atoms with Gasteiger partial charge in [0.25, 0.3) is 0 Å². The predicted octanol–water partition coefficient (Wildman–Crippen LogP) is 3.66. The number of amides is 3. The number of hydrogen-bond acceptors (Lipinski definition) is 6. The Morgan fingerprint density at radius 1 is 1.14 bits per heavy atom. The zero-order valence-corrected chi connectivity index (χ0v) is 18.9. The van der Waals surface area contributed by atoms with Crippen LogP contribution in [0, 0.1) is 17.5 Å². The van der Waals surface area contributed by atoms with Gasteiger partial charge in [-0.15, -0.1) is 10.2 Å². The Kier molecular flexibility index (Phi) is 5.83. The molecule has 3 amide bonds. The molecule has 2 atom stereocenters. The van der Waals surface area contributed by atoms with Gasteiger partial charge in [0, 0.05) is 30.8 Å². The Bertz CT molecular complexity index is 1360. The molecule has 0 bridgehead atoms. The van der Waals surface area contributed by atoms with Crippen LogP contribution in [0.2, 0.25) is 0 Å². The molecule has 196 valence electrons. The number of fused-ring (bicyclic) bond motifs is 1. The maximum atomic E-state index is 13.5. The standard InChI is InChI=1S/C21H17F6N7O3/c1-9-6-34-15(8-32(9)20(36)29-11-3-12(22)17(24)13(23)4-11)14(5-28-34)33-7-10(2-16(33)35)18-30-31-19(37-18)21(25,26)27/h3-5,9-10H,2,6-8H2,1H3,(H,29,36)/t9-,10?/m0/s1. The van der Waals surface area contributed by atoms with Crippen LogP contribution in [0.3, 0.4) is 0 Å². The van der Waals surface area contributed by atoms with E-state index in [1.165, 1.54) is 16.0 Å². The van der Waals surface area contributed by atoms with Crippen LogP contribution in [0.4, 0.5) is 42.5 Å². The molecule has 0 aliphatic carbocycles. The SMILES string of the molecule is C[C@H]1Cn2ncc(N3CC(c4nnc(C(F)(F)F)o4)CC3=O)c2CN1C(=O)Nc1cc(F)c(F)c(F)c1. The van der Waals surface area contributed by atoms with E-state index in [1.807, 2.05) is 0 Å². The Labute approximate surface area is 203 Å². The van der Waals surface area contributed by atoms with E-state index in [1.54, 1.807) is 11.6 Å². The minimum Gasteiger partial charge on any atom is -0.417 e. The van der Waals surface area contributed by atoms with E-state index in [-0.39, 0.29) is 37.6 Å². The van der Waals surface area contributed by atoms with Gasteiger partial charge in [-0.25, -0.2) is 18.0 Å². The molecule has 16 heteroatoms. The summed E-state index contributed by atoms with van der Waals surface area (Å²) in [4.78, 5) is 28.3. The molecular formula is C21H17F6N7O3. The maximum absolute atomic E-state index is 13.5. The number of aromatic nitrogens is 4. The van der Waals surface area contributed by atoms with Gasteiger partial charge in [0.05, 0.1) is 42.6 Å². The lowest BCUT2D eigenvalue weighted by Crippen LogP contribution is -2.47. The third-order valence-electron chi connectivity index (χ3n) is 6.16. The first kappa shape index (κ1) is 24.6. The highest BCUT2D eigenvalue weighted by Gasteiger charge is 2.42. The summed E-state index contributed by atoms with van der Waals surface area (Å²) < 4.78 is 85.0. The molecule has 37 heavy (non-hydrogen) atoms. The van der Waals surface area contributed by atoms with E-state index in [2.05, 4.69) is 20.6 Å². The summed E-state index contributed by atoms with van der Waals surface area (Å²) >= 11 is 0. The van der Waals surface area contributed by atoms with Gasteiger partial charge in [0.2, 0.25) is 11.8 Å². The fraction of sp³-hybridized carbons (Fsp3) is 0.381. The Morgan fingerprint density at radius 2 is 1.84 bits per heavy atom. The molecule has 1 fully saturated rings. The molecular weight excluding hydrogens is 512 g/mol. The molecule has 1 unspecified atom stereocenters. The van der Waals surface area contributed by atoms with E-state index >= 15 is 0 Å². The normalized spacial score (nSPS) is 19.9. The number of nitrogens with zero attached hydrogens (tertiary/aromatic N) is 6. The lowest BCUT2D eigenvalue weighted by Gasteiger charge is -2.35. The third-order valence-corrected chi connectivity index (χ3v) is 6.16. The largest absolute Gasteiger partial charge is 0.470 e. The molecule has 0 saturated carbocycles. The van der Waals surface area contributed by atoms with Crippen molar-refractivity contribution in [3.8, 4) is 0 Å². The average Bonchev–Trinajstić information content (AvgIpc) is 3.54. The van der Waals surface area contributed by atoms with Crippen LogP contribution < -0.4 is 10.2 Å². The maximum Gasteiger partial charge on any atom is 0.470 e. The van der Waals surface area contributed by atoms with Crippen molar-refractivity contribution in [3.63, 3.8) is 0 Å². The van der Waals surface area contributed by atoms with Gasteiger partial charge >= 0.3 is 18.1 Å². The van der Waals surface area contributed by atoms with Crippen LogP contribution in [0.25, 0.3) is 0 Å². The summed E-state index contributed by atoms with van der Waals surface area (Å²) in [5, 5.41) is 13.0. The Balaban J connectivity index is 1.34. The van der Waals surface area contributed by atoms with Crippen molar-refractivity contribution in [2.24, 2.45) is 0 Å². The van der Waals surface area contributed by atoms with Gasteiger partial charge in [-0.05, 0) is 6.92 Å². The summed E-state index contributed by atoms with van der Waals surface area (Å²) in [6.07, 6.45) is -3.58. The number of benzene rings is 1. The summed E-state index contributed by atoms with van der Waals surface area (Å²) in [5.74, 6) is -7.62. The van der Waals surface area contributed by atoms with Crippen molar-refractivity contribution in [2.75, 3.05) is 16.8 Å². The van der Waals surface area contributed by atoms with Crippen LogP contribution >= 0.6 is 0 Å². The molecule has 5 rings (SSSR count). The fourth-order valence-electron chi connectivity index (χ4n) is 4.33. The number of rotatable bonds is 3. The van der Waals surface area contributed by atoms with Crippen molar-refractivity contribution >= 4 is 23.3 Å². The number of urea groups is 1. The van der Waals surface area contributed by atoms with Gasteiger partial charge in [-0.3, -0.25) is 9.48 Å². The summed E-state index contributed by atoms with van der Waals surface area (Å²) in [7, 11) is 0. The third kappa shape index (κ3) is 4.46. The first-order valence-electron chi connectivity index (χ1n) is 10.9. The molecule has 2 aliphatic rings. The predicted molar refractivity (Wildman–Crippen MR) is 112 cm³/mol. The number of carbonyl (C=O) groups is 2. The molecule has 0 spiro atoms. The summed E-state index contributed by atoms with van der Waals surface area (Å²) in [6.45, 7) is 1.83. The zero-order valence-electron chi connectivity index (χ0n) is 18.9. The highest BCUT2D eigenvalue weighted by atomic mass is 19.4. The molecule has 1 N–H and O–H groups in total. The molecule has 3 aromatic rings. The number of alkyl halides is 3. The highest BCUT2D eigenvalue weighted by Crippen LogP contribution is 2.36. The van der Waals surface area contributed by atoms with E-state index in [0.717, 1.165) is 0 Å². The summed E-state index contributed by atoms with van der Waals surface area (Å²) in [6, 6.07) is 0.139. The van der Waals surface area contributed by atoms with Gasteiger partial charge < -0.3 is 19.5 Å². The van der Waals surface area contributed by atoms with Crippen LogP contribution in [-0.4, -0.2) is 49.4 Å². The quantitative estimate of drug-likeness (QED) is 0.410. The monoisotopic (exact) mass is 529 g/mol. The van der Waals surface area contributed by atoms with Gasteiger partial charge in [-0.1, -0.05) is 0 Å². The first-order valence-corrected chi connectivity index (χ1v) is 10.9. The molecule has 1 aromatic carbocycles. The second kappa shape index (κ2) is 8.77. The highest BCUT2D eigenvalue weighted by molar-refractivity contribution is 5.97. The smallest absolute Gasteiger partial charge is 0.417 e. The van der Waals surface area contributed by atoms with E-state index in [4.69, 9.17) is 4.42 Å². The van der Waals surface area contributed by atoms with Gasteiger partial charge in [-0.2, -0.15) is 18.3 Å². The van der Waals surface area contributed by atoms with Crippen LogP contribution in [0.5, 0.6) is 0 Å². The van der Waals surface area contributed by atoms with Crippen molar-refractivity contribution in [1.82, 2.24) is 24.9 Å². The van der Waals surface area contributed by atoms with Crippen molar-refractivity contribution < 1.29 is 40.3 Å². The van der Waals surface area contributed by atoms with Crippen molar-refractivity contribution in [2.45, 2.75) is 44.6 Å². The second-order valence-electron chi connectivity index (χ2n) is 8.67. The number of carbonyl (C=O) groups excluding carboxylic acids is 2. The molecule has 1 saturated heterocycles. The lowest BCUT2D eigenvalue weighted by molar-refractivity contribution is -0.157. The van der Waals surface area contributed by atoms with Crippen molar-refractivity contribution in [1.29, 1.82) is 0 Å². The number of hydrogen-bond donors (Lipinski definition) is 1. The minimum atomic E-state index is -4.81. The molecule has 4 heterocycles. The Morgan fingerprint density at radius 3 is 2.49 bits per heavy atom. The fourth-order valence-corrected chi connectivity index (χ4v) is 4.33. The van der Waals surface area contributed by atoms with Gasteiger partial charge in [0.1, 0.15) is 0 Å².